The molecule has 2 atom stereocenters. The molecule has 0 bridgehead atoms. The topological polar surface area (TPSA) is 32.3 Å². The zero-order valence-corrected chi connectivity index (χ0v) is 15.5. The van der Waals surface area contributed by atoms with Gasteiger partial charge in [-0.15, -0.1) is 11.3 Å². The first-order valence-electron chi connectivity index (χ1n) is 8.71. The van der Waals surface area contributed by atoms with Crippen LogP contribution in [-0.4, -0.2) is 23.9 Å². The van der Waals surface area contributed by atoms with Gasteiger partial charge in [0.05, 0.1) is 12.6 Å². The highest BCUT2D eigenvalue weighted by Gasteiger charge is 2.27. The fraction of sp³-hybridized carbons (Fsp3) is 0.450. The molecule has 128 valence electrons. The number of rotatable bonds is 5. The molecule has 2 heterocycles. The highest BCUT2D eigenvalue weighted by molar-refractivity contribution is 7.10. The summed E-state index contributed by atoms with van der Waals surface area (Å²) in [5.74, 6) is 0.474. The maximum Gasteiger partial charge on any atom is 0.234 e. The van der Waals surface area contributed by atoms with Gasteiger partial charge in [0, 0.05) is 17.5 Å². The van der Waals surface area contributed by atoms with Gasteiger partial charge in [-0.05, 0) is 41.8 Å². The van der Waals surface area contributed by atoms with Gasteiger partial charge in [-0.25, -0.2) is 0 Å². The predicted molar refractivity (Wildman–Crippen MR) is 100 cm³/mol. The van der Waals surface area contributed by atoms with Crippen molar-refractivity contribution in [3.8, 4) is 0 Å². The van der Waals surface area contributed by atoms with E-state index in [-0.39, 0.29) is 11.9 Å². The largest absolute Gasteiger partial charge is 0.348 e. The van der Waals surface area contributed by atoms with Crippen LogP contribution in [0.3, 0.4) is 0 Å². The average molecular weight is 343 g/mol. The van der Waals surface area contributed by atoms with E-state index in [0.29, 0.717) is 18.5 Å². The van der Waals surface area contributed by atoms with Crippen LogP contribution in [0.2, 0.25) is 0 Å². The molecule has 0 saturated carbocycles. The smallest absolute Gasteiger partial charge is 0.234 e. The lowest BCUT2D eigenvalue weighted by Gasteiger charge is -2.33. The summed E-state index contributed by atoms with van der Waals surface area (Å²) in [5, 5.41) is 5.40. The lowest BCUT2D eigenvalue weighted by molar-refractivity contribution is -0.124. The lowest BCUT2D eigenvalue weighted by Crippen LogP contribution is -2.43. The van der Waals surface area contributed by atoms with Crippen LogP contribution in [0.25, 0.3) is 0 Å². The Kier molecular flexibility index (Phi) is 5.36. The molecule has 0 saturated heterocycles. The van der Waals surface area contributed by atoms with E-state index in [4.69, 9.17) is 0 Å². The van der Waals surface area contributed by atoms with E-state index in [1.165, 1.54) is 16.0 Å². The third-order valence-electron chi connectivity index (χ3n) is 4.89. The molecule has 0 unspecified atom stereocenters. The molecular weight excluding hydrogens is 316 g/mol. The molecule has 1 aromatic carbocycles. The van der Waals surface area contributed by atoms with Gasteiger partial charge in [-0.2, -0.15) is 0 Å². The number of thiophene rings is 1. The third kappa shape index (κ3) is 3.70. The monoisotopic (exact) mass is 342 g/mol. The first kappa shape index (κ1) is 17.2. The summed E-state index contributed by atoms with van der Waals surface area (Å²) in [6.07, 6.45) is 1.05. The van der Waals surface area contributed by atoms with E-state index in [9.17, 15) is 4.79 Å². The molecule has 0 fully saturated rings. The van der Waals surface area contributed by atoms with Gasteiger partial charge in [-0.1, -0.05) is 44.2 Å². The van der Waals surface area contributed by atoms with Gasteiger partial charge in [0.25, 0.3) is 0 Å². The summed E-state index contributed by atoms with van der Waals surface area (Å²) in [7, 11) is 0. The van der Waals surface area contributed by atoms with Crippen LogP contribution in [0.1, 0.15) is 48.9 Å². The Morgan fingerprint density at radius 2 is 2.04 bits per heavy atom. The Balaban J connectivity index is 1.65. The van der Waals surface area contributed by atoms with Crippen LogP contribution in [0.4, 0.5) is 0 Å². The van der Waals surface area contributed by atoms with Gasteiger partial charge < -0.3 is 5.32 Å². The minimum atomic E-state index is 0.0653. The number of amides is 1. The third-order valence-corrected chi connectivity index (χ3v) is 5.89. The second-order valence-corrected chi connectivity index (χ2v) is 7.90. The zero-order chi connectivity index (χ0) is 17.1. The van der Waals surface area contributed by atoms with Gasteiger partial charge >= 0.3 is 0 Å². The molecule has 4 heteroatoms. The maximum atomic E-state index is 12.6. The second-order valence-electron chi connectivity index (χ2n) is 6.90. The van der Waals surface area contributed by atoms with Crippen molar-refractivity contribution in [3.63, 3.8) is 0 Å². The van der Waals surface area contributed by atoms with Crippen molar-refractivity contribution < 1.29 is 4.79 Å². The molecule has 1 aliphatic heterocycles. The molecule has 0 radical (unpaired) electrons. The summed E-state index contributed by atoms with van der Waals surface area (Å²) >= 11 is 1.83. The SMILES string of the molecule is CC(C)[C@H](NC(=O)CN1CCc2sccc2[C@@H]1C)c1ccccc1. The van der Waals surface area contributed by atoms with Crippen molar-refractivity contribution in [2.45, 2.75) is 39.3 Å². The summed E-state index contributed by atoms with van der Waals surface area (Å²) in [6.45, 7) is 7.93. The van der Waals surface area contributed by atoms with E-state index in [2.05, 4.69) is 54.6 Å². The Bertz CT molecular complexity index is 680. The van der Waals surface area contributed by atoms with Gasteiger partial charge in [-0.3, -0.25) is 9.69 Å². The highest BCUT2D eigenvalue weighted by Crippen LogP contribution is 2.32. The van der Waals surface area contributed by atoms with Crippen molar-refractivity contribution >= 4 is 17.2 Å². The highest BCUT2D eigenvalue weighted by atomic mass is 32.1. The van der Waals surface area contributed by atoms with Crippen molar-refractivity contribution in [2.24, 2.45) is 5.92 Å². The van der Waals surface area contributed by atoms with E-state index in [1.807, 2.05) is 29.5 Å². The molecule has 1 aromatic heterocycles. The fourth-order valence-corrected chi connectivity index (χ4v) is 4.44. The molecule has 2 aromatic rings. The Hall–Kier alpha value is -1.65. The normalized spacial score (nSPS) is 19.1. The number of carbonyl (C=O) groups excluding carboxylic acids is 1. The average Bonchev–Trinajstić information content (AvgIpc) is 3.05. The van der Waals surface area contributed by atoms with Crippen molar-refractivity contribution in [1.82, 2.24) is 10.2 Å². The minimum Gasteiger partial charge on any atom is -0.348 e. The van der Waals surface area contributed by atoms with Crippen LogP contribution in [0.15, 0.2) is 41.8 Å². The molecule has 24 heavy (non-hydrogen) atoms. The van der Waals surface area contributed by atoms with Gasteiger partial charge in [0.15, 0.2) is 0 Å². The number of benzene rings is 1. The Labute approximate surface area is 148 Å². The Morgan fingerprint density at radius 3 is 2.75 bits per heavy atom. The second kappa shape index (κ2) is 7.49. The van der Waals surface area contributed by atoms with Crippen LogP contribution in [-0.2, 0) is 11.2 Å². The predicted octanol–water partition coefficient (Wildman–Crippen LogP) is 4.18. The molecule has 0 spiro atoms. The Morgan fingerprint density at radius 1 is 1.29 bits per heavy atom. The molecule has 3 nitrogen and oxygen atoms in total. The first-order valence-corrected chi connectivity index (χ1v) is 9.59. The molecular formula is C20H26N2OS. The number of nitrogens with zero attached hydrogens (tertiary/aromatic N) is 1. The number of nitrogens with one attached hydrogen (secondary N) is 1. The van der Waals surface area contributed by atoms with E-state index in [1.54, 1.807) is 0 Å². The maximum absolute atomic E-state index is 12.6. The summed E-state index contributed by atoms with van der Waals surface area (Å²) < 4.78 is 0. The van der Waals surface area contributed by atoms with Crippen LogP contribution in [0.5, 0.6) is 0 Å². The number of hydrogen-bond donors (Lipinski definition) is 1. The van der Waals surface area contributed by atoms with Crippen LogP contribution >= 0.6 is 11.3 Å². The quantitative estimate of drug-likeness (QED) is 0.884. The summed E-state index contributed by atoms with van der Waals surface area (Å²) in [4.78, 5) is 16.4. The molecule has 1 N–H and O–H groups in total. The summed E-state index contributed by atoms with van der Waals surface area (Å²) in [5.41, 5.74) is 2.56. The van der Waals surface area contributed by atoms with E-state index < -0.39 is 0 Å². The molecule has 0 aliphatic carbocycles. The fourth-order valence-electron chi connectivity index (χ4n) is 3.48. The standard InChI is InChI=1S/C20H26N2OS/c1-14(2)20(16-7-5-4-6-8-16)21-19(23)13-22-11-9-18-17(15(22)3)10-12-24-18/h4-8,10,12,14-15,20H,9,11,13H2,1-3H3,(H,21,23)/t15-,20-/m0/s1. The lowest BCUT2D eigenvalue weighted by atomic mass is 9.96. The molecule has 3 rings (SSSR count). The van der Waals surface area contributed by atoms with Gasteiger partial charge in [0.2, 0.25) is 5.91 Å². The summed E-state index contributed by atoms with van der Waals surface area (Å²) in [6, 6.07) is 12.8. The van der Waals surface area contributed by atoms with Crippen molar-refractivity contribution in [3.05, 3.63) is 57.8 Å². The first-order chi connectivity index (χ1) is 11.6. The number of carbonyl (C=O) groups is 1. The molecule has 1 aliphatic rings. The zero-order valence-electron chi connectivity index (χ0n) is 14.7. The minimum absolute atomic E-state index is 0.0653. The number of hydrogen-bond acceptors (Lipinski definition) is 3. The van der Waals surface area contributed by atoms with E-state index >= 15 is 0 Å². The molecule has 1 amide bonds. The van der Waals surface area contributed by atoms with Crippen molar-refractivity contribution in [2.75, 3.05) is 13.1 Å². The van der Waals surface area contributed by atoms with Gasteiger partial charge in [0.1, 0.15) is 0 Å². The van der Waals surface area contributed by atoms with E-state index in [0.717, 1.165) is 13.0 Å². The van der Waals surface area contributed by atoms with Crippen molar-refractivity contribution in [1.29, 1.82) is 0 Å². The number of fused-ring (bicyclic) bond motifs is 1. The van der Waals surface area contributed by atoms with Crippen LogP contribution in [0, 0.1) is 5.92 Å². The van der Waals surface area contributed by atoms with Crippen LogP contribution < -0.4 is 5.32 Å².